The lowest BCUT2D eigenvalue weighted by atomic mass is 10.3. The monoisotopic (exact) mass is 420 g/mol. The molecule has 1 aliphatic heterocycles. The van der Waals surface area contributed by atoms with E-state index < -0.39 is 0 Å². The van der Waals surface area contributed by atoms with Gasteiger partial charge in [0, 0.05) is 36.7 Å². The number of fused-ring (bicyclic) bond motifs is 1. The fraction of sp³-hybridized carbons (Fsp3) is 0.130. The highest BCUT2D eigenvalue weighted by molar-refractivity contribution is 8.08. The highest BCUT2D eigenvalue weighted by atomic mass is 32.2. The number of pyridine rings is 1. The molecule has 3 heterocycles. The maximum Gasteiger partial charge on any atom is 0.272 e. The molecule has 0 amide bonds. The van der Waals surface area contributed by atoms with Crippen LogP contribution in [0.4, 0.5) is 5.69 Å². The smallest absolute Gasteiger partial charge is 0.272 e. The summed E-state index contributed by atoms with van der Waals surface area (Å²) in [4.78, 5) is 16.6. The Hall–Kier alpha value is -2.83. The Balaban J connectivity index is 1.94. The molecule has 146 valence electrons. The summed E-state index contributed by atoms with van der Waals surface area (Å²) in [6.45, 7) is 8.86. The number of aromatic nitrogens is 2. The van der Waals surface area contributed by atoms with Crippen molar-refractivity contribution in [2.24, 2.45) is 0 Å². The molecule has 4 rings (SSSR count). The largest absolute Gasteiger partial charge is 0.337 e. The van der Waals surface area contributed by atoms with E-state index in [2.05, 4.69) is 40.8 Å². The molecular weight excluding hydrogens is 398 g/mol. The fourth-order valence-electron chi connectivity index (χ4n) is 3.32. The quantitative estimate of drug-likeness (QED) is 0.470. The second-order valence-corrected chi connectivity index (χ2v) is 8.68. The average molecular weight is 421 g/mol. The Morgan fingerprint density at radius 1 is 1.10 bits per heavy atom. The maximum atomic E-state index is 13.3. The van der Waals surface area contributed by atoms with Crippen molar-refractivity contribution < 1.29 is 4.57 Å². The summed E-state index contributed by atoms with van der Waals surface area (Å²) in [5.41, 5.74) is 2.18. The van der Waals surface area contributed by atoms with E-state index in [1.54, 1.807) is 22.4 Å². The number of allylic oxidation sites excluding steroid dienone is 2. The van der Waals surface area contributed by atoms with E-state index in [1.807, 2.05) is 49.7 Å². The van der Waals surface area contributed by atoms with Gasteiger partial charge in [-0.3, -0.25) is 9.36 Å². The van der Waals surface area contributed by atoms with Crippen molar-refractivity contribution in [3.63, 3.8) is 0 Å². The second kappa shape index (κ2) is 8.27. The summed E-state index contributed by atoms with van der Waals surface area (Å²) in [5.74, 6) is 0. The minimum Gasteiger partial charge on any atom is -0.337 e. The number of anilines is 1. The molecule has 2 aromatic heterocycles. The van der Waals surface area contributed by atoms with E-state index in [4.69, 9.17) is 0 Å². The van der Waals surface area contributed by atoms with Gasteiger partial charge < -0.3 is 4.90 Å². The summed E-state index contributed by atoms with van der Waals surface area (Å²) in [6.07, 6.45) is 7.72. The zero-order valence-corrected chi connectivity index (χ0v) is 17.9. The first-order chi connectivity index (χ1) is 14.1. The van der Waals surface area contributed by atoms with Crippen LogP contribution >= 0.6 is 23.1 Å². The third-order valence-corrected chi connectivity index (χ3v) is 7.21. The van der Waals surface area contributed by atoms with E-state index in [-0.39, 0.29) is 5.56 Å². The van der Waals surface area contributed by atoms with Gasteiger partial charge in [-0.1, -0.05) is 36.5 Å². The van der Waals surface area contributed by atoms with E-state index in [9.17, 15) is 4.79 Å². The van der Waals surface area contributed by atoms with Crippen molar-refractivity contribution >= 4 is 39.9 Å². The molecular formula is C23H22N3OS2+. The van der Waals surface area contributed by atoms with Crippen LogP contribution in [0.1, 0.15) is 5.69 Å². The number of hydrogen-bond acceptors (Lipinski definition) is 4. The zero-order chi connectivity index (χ0) is 20.4. The van der Waals surface area contributed by atoms with Gasteiger partial charge in [-0.05, 0) is 24.3 Å². The van der Waals surface area contributed by atoms with Crippen LogP contribution in [0.15, 0.2) is 83.7 Å². The molecule has 0 radical (unpaired) electrons. The number of benzene rings is 1. The van der Waals surface area contributed by atoms with E-state index >= 15 is 0 Å². The number of rotatable bonds is 5. The van der Waals surface area contributed by atoms with Crippen LogP contribution in [-0.4, -0.2) is 11.6 Å². The van der Waals surface area contributed by atoms with E-state index in [1.165, 1.54) is 16.2 Å². The lowest BCUT2D eigenvalue weighted by Gasteiger charge is -2.11. The normalized spacial score (nSPS) is 15.5. The Bertz CT molecular complexity index is 1270. The summed E-state index contributed by atoms with van der Waals surface area (Å²) >= 11 is 3.18. The third kappa shape index (κ3) is 3.61. The highest BCUT2D eigenvalue weighted by Crippen LogP contribution is 2.44. The minimum atomic E-state index is 0.0227. The topological polar surface area (TPSA) is 29.1 Å². The van der Waals surface area contributed by atoms with E-state index in [0.717, 1.165) is 25.6 Å². The zero-order valence-electron chi connectivity index (χ0n) is 16.2. The van der Waals surface area contributed by atoms with Crippen molar-refractivity contribution in [1.29, 1.82) is 0 Å². The van der Waals surface area contributed by atoms with Gasteiger partial charge in [0.1, 0.15) is 14.2 Å². The molecule has 1 aliphatic rings. The third-order valence-electron chi connectivity index (χ3n) is 4.73. The molecule has 0 fully saturated rings. The molecule has 0 N–H and O–H groups in total. The summed E-state index contributed by atoms with van der Waals surface area (Å²) in [7, 11) is 2.02. The number of nitrogens with zero attached hydrogens (tertiary/aromatic N) is 3. The number of thioether (sulfide) groups is 1. The first-order valence-corrected chi connectivity index (χ1v) is 10.9. The van der Waals surface area contributed by atoms with Gasteiger partial charge in [-0.2, -0.15) is 4.57 Å². The fourth-order valence-corrected chi connectivity index (χ4v) is 5.73. The van der Waals surface area contributed by atoms with Gasteiger partial charge in [0.25, 0.3) is 5.56 Å². The van der Waals surface area contributed by atoms with Crippen LogP contribution in [0, 0.1) is 0 Å². The summed E-state index contributed by atoms with van der Waals surface area (Å²) in [6, 6.07) is 14.3. The Morgan fingerprint density at radius 3 is 2.66 bits per heavy atom. The predicted octanol–water partition coefficient (Wildman–Crippen LogP) is 2.71. The molecule has 0 unspecified atom stereocenters. The van der Waals surface area contributed by atoms with Crippen LogP contribution in [-0.2, 0) is 13.1 Å². The van der Waals surface area contributed by atoms with Gasteiger partial charge in [0.15, 0.2) is 12.7 Å². The molecule has 3 aromatic rings. The SMILES string of the molecule is C=CCn1c(=O)/c(=C2\Sc3ccccc3N2C)s/c1=C\c1cccc[n+]1CC=C. The molecule has 0 saturated carbocycles. The average Bonchev–Trinajstić information content (AvgIpc) is 3.22. The molecule has 0 spiro atoms. The van der Waals surface area contributed by atoms with Gasteiger partial charge in [-0.25, -0.2) is 0 Å². The molecule has 1 aromatic carbocycles. The second-order valence-electron chi connectivity index (χ2n) is 6.62. The Labute approximate surface area is 178 Å². The van der Waals surface area contributed by atoms with Crippen molar-refractivity contribution in [3.05, 3.63) is 99.2 Å². The summed E-state index contributed by atoms with van der Waals surface area (Å²) < 4.78 is 5.57. The highest BCUT2D eigenvalue weighted by Gasteiger charge is 2.24. The van der Waals surface area contributed by atoms with Crippen molar-refractivity contribution in [3.8, 4) is 0 Å². The van der Waals surface area contributed by atoms with E-state index in [0.29, 0.717) is 13.1 Å². The minimum absolute atomic E-state index is 0.0227. The van der Waals surface area contributed by atoms with Crippen LogP contribution in [0.5, 0.6) is 0 Å². The molecule has 0 atom stereocenters. The maximum absolute atomic E-state index is 13.3. The number of hydrogen-bond donors (Lipinski definition) is 0. The van der Waals surface area contributed by atoms with Crippen LogP contribution < -0.4 is 24.2 Å². The van der Waals surface area contributed by atoms with Gasteiger partial charge in [0.05, 0.1) is 5.69 Å². The van der Waals surface area contributed by atoms with Crippen LogP contribution in [0.3, 0.4) is 0 Å². The lowest BCUT2D eigenvalue weighted by molar-refractivity contribution is -0.688. The van der Waals surface area contributed by atoms with Gasteiger partial charge in [-0.15, -0.1) is 17.9 Å². The first-order valence-electron chi connectivity index (χ1n) is 9.30. The summed E-state index contributed by atoms with van der Waals surface area (Å²) in [5, 5.41) is 0.977. The van der Waals surface area contributed by atoms with Gasteiger partial charge in [0.2, 0.25) is 5.69 Å². The van der Waals surface area contributed by atoms with Crippen molar-refractivity contribution in [2.45, 2.75) is 18.0 Å². The van der Waals surface area contributed by atoms with Gasteiger partial charge >= 0.3 is 0 Å². The molecule has 6 heteroatoms. The Morgan fingerprint density at radius 2 is 1.90 bits per heavy atom. The number of para-hydroxylation sites is 1. The number of thiazole rings is 1. The molecule has 0 saturated heterocycles. The molecule has 0 bridgehead atoms. The van der Waals surface area contributed by atoms with Crippen molar-refractivity contribution in [1.82, 2.24) is 4.57 Å². The Kier molecular flexibility index (Phi) is 5.56. The van der Waals surface area contributed by atoms with Crippen LogP contribution in [0.2, 0.25) is 0 Å². The van der Waals surface area contributed by atoms with Crippen LogP contribution in [0.25, 0.3) is 11.1 Å². The predicted molar refractivity (Wildman–Crippen MR) is 123 cm³/mol. The molecule has 0 aliphatic carbocycles. The van der Waals surface area contributed by atoms with Crippen molar-refractivity contribution in [2.75, 3.05) is 11.9 Å². The lowest BCUT2D eigenvalue weighted by Crippen LogP contribution is -2.37. The first kappa shape index (κ1) is 19.5. The standard InChI is InChI=1S/C23H22N3OS2/c1-4-13-25-15-9-8-10-17(25)16-20-26(14-5-2)22(27)21(29-20)23-24(3)18-11-6-7-12-19(18)28-23/h4-12,15-16H,1-2,13-14H2,3H3/q+1/b23-21+. The molecule has 4 nitrogen and oxygen atoms in total. The molecule has 29 heavy (non-hydrogen) atoms.